The number of nitrogens with two attached hydrogens (primary N) is 1. The van der Waals surface area contributed by atoms with Crippen LogP contribution in [0.2, 0.25) is 10.0 Å². The molecular weight excluding hydrogens is 273 g/mol. The minimum atomic E-state index is 0.385. The quantitative estimate of drug-likeness (QED) is 0.671. The zero-order chi connectivity index (χ0) is 12.7. The topological polar surface area (TPSA) is 80.5 Å². The number of anilines is 1. The van der Waals surface area contributed by atoms with Crippen molar-refractivity contribution in [2.24, 2.45) is 0 Å². The number of fused-ring (bicyclic) bond motifs is 1. The third-order valence-corrected chi connectivity index (χ3v) is 3.18. The van der Waals surface area contributed by atoms with Crippen LogP contribution >= 0.6 is 23.2 Å². The Morgan fingerprint density at radius 3 is 2.72 bits per heavy atom. The molecule has 0 aliphatic heterocycles. The van der Waals surface area contributed by atoms with E-state index in [1.165, 1.54) is 6.33 Å². The monoisotopic (exact) mass is 279 g/mol. The number of nitrogen functional groups attached to an aromatic ring is 1. The highest BCUT2D eigenvalue weighted by Gasteiger charge is 2.15. The molecule has 2 aromatic heterocycles. The van der Waals surface area contributed by atoms with Gasteiger partial charge in [0.15, 0.2) is 5.65 Å². The van der Waals surface area contributed by atoms with E-state index in [1.807, 2.05) is 0 Å². The fourth-order valence-electron chi connectivity index (χ4n) is 1.69. The van der Waals surface area contributed by atoms with Crippen LogP contribution in [0.25, 0.3) is 22.6 Å². The summed E-state index contributed by atoms with van der Waals surface area (Å²) >= 11 is 12.1. The lowest BCUT2D eigenvalue weighted by atomic mass is 10.1. The van der Waals surface area contributed by atoms with Gasteiger partial charge >= 0.3 is 0 Å². The largest absolute Gasteiger partial charge is 0.397 e. The summed E-state index contributed by atoms with van der Waals surface area (Å²) in [6, 6.07) is 3.32. The number of nitrogens with zero attached hydrogens (tertiary/aromatic N) is 3. The Kier molecular flexibility index (Phi) is 2.57. The van der Waals surface area contributed by atoms with E-state index in [1.54, 1.807) is 18.3 Å². The first-order valence-corrected chi connectivity index (χ1v) is 5.82. The van der Waals surface area contributed by atoms with Gasteiger partial charge in [0.25, 0.3) is 0 Å². The van der Waals surface area contributed by atoms with Gasteiger partial charge in [-0.15, -0.1) is 0 Å². The molecule has 0 saturated carbocycles. The number of hydrogen-bond acceptors (Lipinski definition) is 4. The molecule has 0 saturated heterocycles. The minimum absolute atomic E-state index is 0.385. The Morgan fingerprint density at radius 1 is 1.17 bits per heavy atom. The fourth-order valence-corrected chi connectivity index (χ4v) is 2.10. The van der Waals surface area contributed by atoms with Crippen molar-refractivity contribution >= 4 is 40.1 Å². The highest BCUT2D eigenvalue weighted by Crippen LogP contribution is 2.36. The van der Waals surface area contributed by atoms with Crippen LogP contribution in [-0.4, -0.2) is 19.9 Å². The molecule has 3 aromatic rings. The first-order valence-electron chi connectivity index (χ1n) is 5.06. The number of halogens is 2. The van der Waals surface area contributed by atoms with Gasteiger partial charge in [0, 0.05) is 0 Å². The number of aromatic nitrogens is 4. The maximum atomic E-state index is 6.13. The van der Waals surface area contributed by atoms with Gasteiger partial charge in [0.1, 0.15) is 17.7 Å². The lowest BCUT2D eigenvalue weighted by Crippen LogP contribution is -1.93. The van der Waals surface area contributed by atoms with Gasteiger partial charge in [-0.3, -0.25) is 0 Å². The summed E-state index contributed by atoms with van der Waals surface area (Å²) < 4.78 is 0. The molecule has 2 heterocycles. The third kappa shape index (κ3) is 1.68. The van der Waals surface area contributed by atoms with E-state index in [-0.39, 0.29) is 0 Å². The molecule has 0 atom stereocenters. The number of benzene rings is 1. The van der Waals surface area contributed by atoms with Crippen molar-refractivity contribution < 1.29 is 0 Å². The van der Waals surface area contributed by atoms with Crippen molar-refractivity contribution in [1.29, 1.82) is 0 Å². The van der Waals surface area contributed by atoms with Gasteiger partial charge in [-0.2, -0.15) is 0 Å². The standard InChI is InChI=1S/C11H7Cl2N5/c12-5-1-2-6(13)9(14)8(5)11-17-7-3-15-4-16-10(7)18-11/h1-4H,14H2,(H,15,16,17,18). The lowest BCUT2D eigenvalue weighted by molar-refractivity contribution is 1.20. The van der Waals surface area contributed by atoms with Crippen molar-refractivity contribution in [3.63, 3.8) is 0 Å². The van der Waals surface area contributed by atoms with E-state index < -0.39 is 0 Å². The molecule has 18 heavy (non-hydrogen) atoms. The minimum Gasteiger partial charge on any atom is -0.397 e. The molecule has 7 heteroatoms. The molecule has 0 aliphatic carbocycles. The number of imidazole rings is 1. The van der Waals surface area contributed by atoms with Crippen LogP contribution in [0.4, 0.5) is 5.69 Å². The average molecular weight is 280 g/mol. The predicted octanol–water partition coefficient (Wildman–Crippen LogP) is 2.91. The number of rotatable bonds is 1. The molecule has 0 aliphatic rings. The summed E-state index contributed by atoms with van der Waals surface area (Å²) in [6.45, 7) is 0. The Morgan fingerprint density at radius 2 is 1.94 bits per heavy atom. The van der Waals surface area contributed by atoms with E-state index in [4.69, 9.17) is 28.9 Å². The average Bonchev–Trinajstić information content (AvgIpc) is 2.77. The molecule has 0 radical (unpaired) electrons. The maximum Gasteiger partial charge on any atom is 0.181 e. The molecule has 0 amide bonds. The van der Waals surface area contributed by atoms with Crippen LogP contribution in [-0.2, 0) is 0 Å². The molecule has 0 spiro atoms. The number of hydrogen-bond donors (Lipinski definition) is 2. The SMILES string of the molecule is Nc1c(Cl)ccc(Cl)c1-c1nc2ncncc2[nH]1. The predicted molar refractivity (Wildman–Crippen MR) is 71.6 cm³/mol. The molecule has 0 bridgehead atoms. The third-order valence-electron chi connectivity index (χ3n) is 2.54. The highest BCUT2D eigenvalue weighted by atomic mass is 35.5. The molecule has 5 nitrogen and oxygen atoms in total. The van der Waals surface area contributed by atoms with E-state index in [2.05, 4.69) is 19.9 Å². The van der Waals surface area contributed by atoms with Gasteiger partial charge in [0.2, 0.25) is 0 Å². The van der Waals surface area contributed by atoms with E-state index in [0.29, 0.717) is 38.3 Å². The Hall–Kier alpha value is -1.85. The Labute approximate surface area is 112 Å². The second-order valence-corrected chi connectivity index (χ2v) is 4.48. The van der Waals surface area contributed by atoms with Gasteiger partial charge in [0.05, 0.1) is 27.5 Å². The lowest BCUT2D eigenvalue weighted by Gasteiger charge is -2.06. The number of H-pyrrole nitrogens is 1. The summed E-state index contributed by atoms with van der Waals surface area (Å²) in [5.41, 5.74) is 8.14. The maximum absolute atomic E-state index is 6.13. The molecular formula is C11H7Cl2N5. The van der Waals surface area contributed by atoms with Crippen molar-refractivity contribution in [2.75, 3.05) is 5.73 Å². The number of aromatic amines is 1. The van der Waals surface area contributed by atoms with Crippen molar-refractivity contribution in [3.05, 3.63) is 34.7 Å². The van der Waals surface area contributed by atoms with E-state index in [9.17, 15) is 0 Å². The van der Waals surface area contributed by atoms with Crippen molar-refractivity contribution in [3.8, 4) is 11.4 Å². The normalized spacial score (nSPS) is 11.0. The summed E-state index contributed by atoms with van der Waals surface area (Å²) in [5.74, 6) is 0.524. The Bertz CT molecular complexity index is 704. The fraction of sp³-hybridized carbons (Fsp3) is 0. The zero-order valence-electron chi connectivity index (χ0n) is 8.98. The van der Waals surface area contributed by atoms with Crippen LogP contribution in [0.5, 0.6) is 0 Å². The van der Waals surface area contributed by atoms with Crippen LogP contribution < -0.4 is 5.73 Å². The highest BCUT2D eigenvalue weighted by molar-refractivity contribution is 6.37. The smallest absolute Gasteiger partial charge is 0.181 e. The molecule has 3 N–H and O–H groups in total. The second-order valence-electron chi connectivity index (χ2n) is 3.66. The first kappa shape index (κ1) is 11.3. The van der Waals surface area contributed by atoms with Crippen molar-refractivity contribution in [1.82, 2.24) is 19.9 Å². The van der Waals surface area contributed by atoms with Gasteiger partial charge < -0.3 is 10.7 Å². The summed E-state index contributed by atoms with van der Waals surface area (Å²) in [7, 11) is 0. The van der Waals surface area contributed by atoms with Crippen LogP contribution in [0.15, 0.2) is 24.7 Å². The summed E-state index contributed by atoms with van der Waals surface area (Å²) in [5, 5.41) is 0.907. The molecule has 1 aromatic carbocycles. The van der Waals surface area contributed by atoms with Crippen LogP contribution in [0, 0.1) is 0 Å². The van der Waals surface area contributed by atoms with E-state index in [0.717, 1.165) is 0 Å². The van der Waals surface area contributed by atoms with Crippen LogP contribution in [0.3, 0.4) is 0 Å². The van der Waals surface area contributed by atoms with Gasteiger partial charge in [-0.25, -0.2) is 15.0 Å². The molecule has 3 rings (SSSR count). The first-order chi connectivity index (χ1) is 8.66. The molecule has 90 valence electrons. The van der Waals surface area contributed by atoms with Gasteiger partial charge in [-0.1, -0.05) is 23.2 Å². The van der Waals surface area contributed by atoms with Crippen molar-refractivity contribution in [2.45, 2.75) is 0 Å². The van der Waals surface area contributed by atoms with E-state index >= 15 is 0 Å². The summed E-state index contributed by atoms with van der Waals surface area (Å²) in [4.78, 5) is 15.3. The summed E-state index contributed by atoms with van der Waals surface area (Å²) in [6.07, 6.45) is 3.06. The second kappa shape index (κ2) is 4.12. The zero-order valence-corrected chi connectivity index (χ0v) is 10.5. The number of nitrogens with one attached hydrogen (secondary N) is 1. The van der Waals surface area contributed by atoms with Crippen LogP contribution in [0.1, 0.15) is 0 Å². The molecule has 0 fully saturated rings. The van der Waals surface area contributed by atoms with Gasteiger partial charge in [-0.05, 0) is 12.1 Å². The Balaban J connectivity index is 2.29. The molecule has 0 unspecified atom stereocenters.